The molecule has 0 bridgehead atoms. The lowest BCUT2D eigenvalue weighted by atomic mass is 10.0. The van der Waals surface area contributed by atoms with Crippen molar-refractivity contribution < 1.29 is 0 Å². The van der Waals surface area contributed by atoms with E-state index in [1.165, 1.54) is 0 Å². The van der Waals surface area contributed by atoms with Crippen molar-refractivity contribution in [1.29, 1.82) is 10.5 Å². The van der Waals surface area contributed by atoms with Crippen LogP contribution in [0.1, 0.15) is 5.56 Å². The maximum atomic E-state index is 8.58. The maximum Gasteiger partial charge on any atom is 0.137 e. The Bertz CT molecular complexity index is 401. The van der Waals surface area contributed by atoms with Crippen molar-refractivity contribution in [3.63, 3.8) is 0 Å². The minimum atomic E-state index is -0.632. The van der Waals surface area contributed by atoms with Crippen molar-refractivity contribution in [2.75, 3.05) is 0 Å². The van der Waals surface area contributed by atoms with E-state index in [2.05, 4.69) is 0 Å². The molecular formula is C10H6Cl2N2. The van der Waals surface area contributed by atoms with Crippen LogP contribution in [0.25, 0.3) is 0 Å². The molecule has 1 aromatic rings. The van der Waals surface area contributed by atoms with E-state index in [0.29, 0.717) is 16.5 Å². The molecular weight excluding hydrogens is 219 g/mol. The number of nitriles is 2. The normalized spacial score (nSPS) is 9.50. The Labute approximate surface area is 92.3 Å². The van der Waals surface area contributed by atoms with Gasteiger partial charge in [-0.05, 0) is 17.7 Å². The van der Waals surface area contributed by atoms with E-state index in [9.17, 15) is 0 Å². The van der Waals surface area contributed by atoms with E-state index in [-0.39, 0.29) is 0 Å². The van der Waals surface area contributed by atoms with Gasteiger partial charge < -0.3 is 0 Å². The fourth-order valence-electron chi connectivity index (χ4n) is 1.02. The van der Waals surface area contributed by atoms with Gasteiger partial charge in [0.1, 0.15) is 5.92 Å². The van der Waals surface area contributed by atoms with Crippen molar-refractivity contribution >= 4 is 23.2 Å². The van der Waals surface area contributed by atoms with Crippen LogP contribution in [0.4, 0.5) is 0 Å². The zero-order chi connectivity index (χ0) is 10.6. The van der Waals surface area contributed by atoms with Crippen LogP contribution in [-0.2, 0) is 6.42 Å². The second kappa shape index (κ2) is 4.86. The predicted molar refractivity (Wildman–Crippen MR) is 54.9 cm³/mol. The van der Waals surface area contributed by atoms with E-state index in [0.717, 1.165) is 5.56 Å². The van der Waals surface area contributed by atoms with Gasteiger partial charge in [-0.3, -0.25) is 0 Å². The second-order valence-electron chi connectivity index (χ2n) is 2.76. The fraction of sp³-hybridized carbons (Fsp3) is 0.200. The predicted octanol–water partition coefficient (Wildman–Crippen LogP) is 3.20. The Hall–Kier alpha value is -1.22. The summed E-state index contributed by atoms with van der Waals surface area (Å²) in [6.45, 7) is 0. The van der Waals surface area contributed by atoms with Crippen LogP contribution in [0.5, 0.6) is 0 Å². The Kier molecular flexibility index (Phi) is 3.77. The topological polar surface area (TPSA) is 47.6 Å². The summed E-state index contributed by atoms with van der Waals surface area (Å²) in [5.74, 6) is -0.632. The van der Waals surface area contributed by atoms with Gasteiger partial charge in [-0.25, -0.2) is 0 Å². The standard InChI is InChI=1S/C10H6Cl2N2/c11-9-2-1-7(4-10(9)12)3-8(5-13)6-14/h1-2,4,8H,3H2. The third-order valence-corrected chi connectivity index (χ3v) is 2.47. The van der Waals surface area contributed by atoms with Crippen LogP contribution in [0.2, 0.25) is 10.0 Å². The minimum absolute atomic E-state index is 0.379. The highest BCUT2D eigenvalue weighted by atomic mass is 35.5. The third-order valence-electron chi connectivity index (χ3n) is 1.74. The van der Waals surface area contributed by atoms with E-state index in [1.54, 1.807) is 18.2 Å². The van der Waals surface area contributed by atoms with Crippen LogP contribution >= 0.6 is 23.2 Å². The molecule has 4 heteroatoms. The molecule has 0 saturated carbocycles. The van der Waals surface area contributed by atoms with Gasteiger partial charge in [0.25, 0.3) is 0 Å². The van der Waals surface area contributed by atoms with E-state index in [1.807, 2.05) is 12.1 Å². The molecule has 0 aromatic heterocycles. The first-order valence-corrected chi connectivity index (χ1v) is 4.66. The van der Waals surface area contributed by atoms with E-state index < -0.39 is 5.92 Å². The van der Waals surface area contributed by atoms with E-state index in [4.69, 9.17) is 33.7 Å². The first-order valence-electron chi connectivity index (χ1n) is 3.90. The van der Waals surface area contributed by atoms with Crippen molar-refractivity contribution in [3.8, 4) is 12.1 Å². The number of hydrogen-bond donors (Lipinski definition) is 0. The molecule has 0 N–H and O–H groups in total. The Balaban J connectivity index is 2.85. The molecule has 1 aromatic carbocycles. The molecule has 0 aliphatic rings. The highest BCUT2D eigenvalue weighted by molar-refractivity contribution is 6.42. The summed E-state index contributed by atoms with van der Waals surface area (Å²) in [6.07, 6.45) is 0.379. The molecule has 0 amide bonds. The molecule has 70 valence electrons. The van der Waals surface area contributed by atoms with Gasteiger partial charge in [0, 0.05) is 6.42 Å². The smallest absolute Gasteiger partial charge is 0.137 e. The number of nitrogens with zero attached hydrogens (tertiary/aromatic N) is 2. The number of halogens is 2. The summed E-state index contributed by atoms with van der Waals surface area (Å²) in [5.41, 5.74) is 0.840. The quantitative estimate of drug-likeness (QED) is 0.775. The first-order chi connectivity index (χ1) is 6.67. The highest BCUT2D eigenvalue weighted by Gasteiger charge is 2.07. The molecule has 0 saturated heterocycles. The molecule has 0 unspecified atom stereocenters. The number of benzene rings is 1. The van der Waals surface area contributed by atoms with Crippen molar-refractivity contribution in [3.05, 3.63) is 33.8 Å². The maximum absolute atomic E-state index is 8.58. The number of rotatable bonds is 2. The largest absolute Gasteiger partial charge is 0.197 e. The molecule has 0 aliphatic heterocycles. The highest BCUT2D eigenvalue weighted by Crippen LogP contribution is 2.23. The van der Waals surface area contributed by atoms with Gasteiger partial charge in [-0.15, -0.1) is 0 Å². The summed E-state index contributed by atoms with van der Waals surface area (Å²) in [5, 5.41) is 18.1. The monoisotopic (exact) mass is 224 g/mol. The average Bonchev–Trinajstić information content (AvgIpc) is 2.19. The van der Waals surface area contributed by atoms with Crippen LogP contribution in [0.15, 0.2) is 18.2 Å². The molecule has 1 rings (SSSR count). The van der Waals surface area contributed by atoms with Crippen molar-refractivity contribution in [2.45, 2.75) is 6.42 Å². The molecule has 0 radical (unpaired) electrons. The zero-order valence-electron chi connectivity index (χ0n) is 7.17. The minimum Gasteiger partial charge on any atom is -0.197 e. The Morgan fingerprint density at radius 1 is 1.14 bits per heavy atom. The van der Waals surface area contributed by atoms with Crippen LogP contribution in [-0.4, -0.2) is 0 Å². The van der Waals surface area contributed by atoms with Gasteiger partial charge in [0.15, 0.2) is 0 Å². The summed E-state index contributed by atoms with van der Waals surface area (Å²) >= 11 is 11.5. The SMILES string of the molecule is N#CC(C#N)Cc1ccc(Cl)c(Cl)c1. The van der Waals surface area contributed by atoms with Crippen LogP contribution in [0.3, 0.4) is 0 Å². The van der Waals surface area contributed by atoms with Crippen molar-refractivity contribution in [1.82, 2.24) is 0 Å². The van der Waals surface area contributed by atoms with Gasteiger partial charge in [-0.2, -0.15) is 10.5 Å². The molecule has 0 atom stereocenters. The van der Waals surface area contributed by atoms with Gasteiger partial charge in [0.05, 0.1) is 22.2 Å². The molecule has 2 nitrogen and oxygen atoms in total. The molecule has 0 spiro atoms. The van der Waals surface area contributed by atoms with Crippen LogP contribution in [0, 0.1) is 28.6 Å². The summed E-state index contributed by atoms with van der Waals surface area (Å²) < 4.78 is 0. The second-order valence-corrected chi connectivity index (χ2v) is 3.58. The molecule has 0 aliphatic carbocycles. The fourth-order valence-corrected chi connectivity index (χ4v) is 1.34. The van der Waals surface area contributed by atoms with Gasteiger partial charge >= 0.3 is 0 Å². The van der Waals surface area contributed by atoms with Crippen LogP contribution < -0.4 is 0 Å². The van der Waals surface area contributed by atoms with Gasteiger partial charge in [0.2, 0.25) is 0 Å². The average molecular weight is 225 g/mol. The van der Waals surface area contributed by atoms with Crippen molar-refractivity contribution in [2.24, 2.45) is 5.92 Å². The Morgan fingerprint density at radius 3 is 2.29 bits per heavy atom. The zero-order valence-corrected chi connectivity index (χ0v) is 8.68. The van der Waals surface area contributed by atoms with Gasteiger partial charge in [-0.1, -0.05) is 29.3 Å². The lowest BCUT2D eigenvalue weighted by Crippen LogP contribution is -1.98. The number of hydrogen-bond acceptors (Lipinski definition) is 2. The lowest BCUT2D eigenvalue weighted by molar-refractivity contribution is 0.834. The molecule has 14 heavy (non-hydrogen) atoms. The lowest BCUT2D eigenvalue weighted by Gasteiger charge is -2.02. The summed E-state index contributed by atoms with van der Waals surface area (Å²) in [7, 11) is 0. The van der Waals surface area contributed by atoms with E-state index >= 15 is 0 Å². The molecule has 0 heterocycles. The summed E-state index contributed by atoms with van der Waals surface area (Å²) in [4.78, 5) is 0. The summed E-state index contributed by atoms with van der Waals surface area (Å²) in [6, 6.07) is 8.88. The Morgan fingerprint density at radius 2 is 1.79 bits per heavy atom. The third kappa shape index (κ3) is 2.64. The molecule has 0 fully saturated rings. The first kappa shape index (κ1) is 10.9.